The second-order valence-electron chi connectivity index (χ2n) is 1.75. The summed E-state index contributed by atoms with van der Waals surface area (Å²) in [4.78, 5) is 0. The number of aromatic nitrogens is 3. The van der Waals surface area contributed by atoms with E-state index in [-0.39, 0.29) is 9.63 Å². The lowest BCUT2D eigenvalue weighted by Gasteiger charge is -1.93. The van der Waals surface area contributed by atoms with Gasteiger partial charge in [-0.05, 0) is 15.9 Å². The fourth-order valence-corrected chi connectivity index (χ4v) is 2.94. The van der Waals surface area contributed by atoms with Crippen LogP contribution in [0.4, 0.5) is 0 Å². The van der Waals surface area contributed by atoms with Crippen LogP contribution in [0.1, 0.15) is 0 Å². The monoisotopic (exact) mass is 259 g/mol. The van der Waals surface area contributed by atoms with Gasteiger partial charge in [0.15, 0.2) is 4.60 Å². The Morgan fingerprint density at radius 3 is 2.36 bits per heavy atom. The number of hydrogen-bond acceptors (Lipinski definition) is 4. The van der Waals surface area contributed by atoms with Crippen molar-refractivity contribution in [3.8, 4) is 0 Å². The molecule has 0 amide bonds. The molecule has 1 aromatic heterocycles. The lowest BCUT2D eigenvalue weighted by atomic mass is 10.9. The van der Waals surface area contributed by atoms with E-state index in [1.807, 2.05) is 0 Å². The minimum Gasteiger partial charge on any atom is -0.235 e. The first-order chi connectivity index (χ1) is 4.93. The van der Waals surface area contributed by atoms with Gasteiger partial charge in [0.1, 0.15) is 0 Å². The quantitative estimate of drug-likeness (QED) is 0.690. The van der Waals surface area contributed by atoms with Gasteiger partial charge in [0, 0.05) is 17.7 Å². The molecular weight excluding hydrogens is 257 g/mol. The molecule has 0 bridgehead atoms. The topological polar surface area (TPSA) is 64.8 Å². The summed E-state index contributed by atoms with van der Waals surface area (Å²) < 4.78 is 22.7. The Morgan fingerprint density at radius 2 is 2.18 bits per heavy atom. The van der Waals surface area contributed by atoms with Crippen LogP contribution in [0.3, 0.4) is 0 Å². The average molecular weight is 260 g/mol. The minimum atomic E-state index is -3.76. The van der Waals surface area contributed by atoms with Crippen molar-refractivity contribution in [1.29, 1.82) is 0 Å². The predicted molar refractivity (Wildman–Crippen MR) is 41.7 cm³/mol. The summed E-state index contributed by atoms with van der Waals surface area (Å²) in [6.45, 7) is 0. The van der Waals surface area contributed by atoms with Gasteiger partial charge in [0.25, 0.3) is 9.05 Å². The third-order valence-electron chi connectivity index (χ3n) is 0.968. The van der Waals surface area contributed by atoms with E-state index in [9.17, 15) is 8.42 Å². The zero-order valence-corrected chi connectivity index (χ0v) is 8.48. The van der Waals surface area contributed by atoms with Crippen molar-refractivity contribution in [1.82, 2.24) is 15.0 Å². The summed E-state index contributed by atoms with van der Waals surface area (Å²) in [7, 11) is 2.73. The van der Waals surface area contributed by atoms with Gasteiger partial charge in [-0.15, -0.1) is 5.10 Å². The van der Waals surface area contributed by atoms with Crippen molar-refractivity contribution in [2.75, 3.05) is 0 Å². The second-order valence-corrected chi connectivity index (χ2v) is 4.98. The first kappa shape index (κ1) is 8.95. The molecule has 8 heteroatoms. The minimum absolute atomic E-state index is 0.120. The lowest BCUT2D eigenvalue weighted by molar-refractivity contribution is 0.586. The van der Waals surface area contributed by atoms with Crippen molar-refractivity contribution in [2.45, 2.75) is 5.03 Å². The average Bonchev–Trinajstić information content (AvgIpc) is 2.08. The SMILES string of the molecule is Cn1nnc(Br)c1S(=O)(=O)Cl. The Hall–Kier alpha value is -0.140. The van der Waals surface area contributed by atoms with Crippen LogP contribution in [0.5, 0.6) is 0 Å². The Kier molecular flexibility index (Phi) is 2.22. The van der Waals surface area contributed by atoms with Crippen molar-refractivity contribution in [2.24, 2.45) is 7.05 Å². The van der Waals surface area contributed by atoms with Crippen LogP contribution >= 0.6 is 26.6 Å². The highest BCUT2D eigenvalue weighted by molar-refractivity contribution is 9.10. The highest BCUT2D eigenvalue weighted by Crippen LogP contribution is 2.21. The van der Waals surface area contributed by atoms with Crippen LogP contribution in [0.25, 0.3) is 0 Å². The fourth-order valence-electron chi connectivity index (χ4n) is 0.582. The van der Waals surface area contributed by atoms with Gasteiger partial charge >= 0.3 is 0 Å². The van der Waals surface area contributed by atoms with Crippen LogP contribution in [-0.4, -0.2) is 23.4 Å². The van der Waals surface area contributed by atoms with Gasteiger partial charge in [-0.2, -0.15) is 0 Å². The third-order valence-corrected chi connectivity index (χ3v) is 3.12. The number of halogens is 2. The molecule has 0 radical (unpaired) electrons. The Balaban J connectivity index is 3.45. The molecule has 5 nitrogen and oxygen atoms in total. The zero-order chi connectivity index (χ0) is 8.65. The number of rotatable bonds is 1. The smallest absolute Gasteiger partial charge is 0.235 e. The summed E-state index contributed by atoms with van der Waals surface area (Å²) in [6.07, 6.45) is 0. The number of nitrogens with zero attached hydrogens (tertiary/aromatic N) is 3. The van der Waals surface area contributed by atoms with Gasteiger partial charge in [0.2, 0.25) is 5.03 Å². The van der Waals surface area contributed by atoms with Gasteiger partial charge in [-0.25, -0.2) is 13.1 Å². The molecule has 1 aromatic rings. The molecule has 0 atom stereocenters. The maximum atomic E-state index is 10.8. The first-order valence-corrected chi connectivity index (χ1v) is 5.53. The van der Waals surface area contributed by atoms with Gasteiger partial charge in [-0.1, -0.05) is 5.21 Å². The van der Waals surface area contributed by atoms with E-state index < -0.39 is 9.05 Å². The summed E-state index contributed by atoms with van der Waals surface area (Å²) in [5.41, 5.74) is 0. The highest BCUT2D eigenvalue weighted by atomic mass is 79.9. The second kappa shape index (κ2) is 2.72. The molecule has 0 aromatic carbocycles. The zero-order valence-electron chi connectivity index (χ0n) is 5.32. The van der Waals surface area contributed by atoms with E-state index in [2.05, 4.69) is 26.2 Å². The third kappa shape index (κ3) is 1.71. The lowest BCUT2D eigenvalue weighted by Crippen LogP contribution is -2.01. The van der Waals surface area contributed by atoms with Crippen LogP contribution in [0, 0.1) is 0 Å². The highest BCUT2D eigenvalue weighted by Gasteiger charge is 2.20. The molecule has 62 valence electrons. The van der Waals surface area contributed by atoms with Crippen molar-refractivity contribution >= 4 is 35.7 Å². The Labute approximate surface area is 75.9 Å². The van der Waals surface area contributed by atoms with E-state index in [0.29, 0.717) is 0 Å². The van der Waals surface area contributed by atoms with Crippen LogP contribution in [0.2, 0.25) is 0 Å². The summed E-state index contributed by atoms with van der Waals surface area (Å²) in [5.74, 6) is 0. The summed E-state index contributed by atoms with van der Waals surface area (Å²) in [6, 6.07) is 0. The van der Waals surface area contributed by atoms with E-state index in [1.165, 1.54) is 7.05 Å². The Bertz CT molecular complexity index is 352. The van der Waals surface area contributed by atoms with E-state index >= 15 is 0 Å². The first-order valence-electron chi connectivity index (χ1n) is 2.43. The van der Waals surface area contributed by atoms with Crippen molar-refractivity contribution in [3.05, 3.63) is 4.60 Å². The molecule has 0 spiro atoms. The fraction of sp³-hybridized carbons (Fsp3) is 0.333. The molecule has 0 aliphatic heterocycles. The molecular formula is C3H3BrClN3O2S. The molecule has 0 saturated heterocycles. The van der Waals surface area contributed by atoms with Crippen molar-refractivity contribution < 1.29 is 8.42 Å². The number of hydrogen-bond donors (Lipinski definition) is 0. The van der Waals surface area contributed by atoms with Gasteiger partial charge in [0.05, 0.1) is 0 Å². The van der Waals surface area contributed by atoms with Crippen molar-refractivity contribution in [3.63, 3.8) is 0 Å². The molecule has 1 rings (SSSR count). The summed E-state index contributed by atoms with van der Waals surface area (Å²) >= 11 is 2.89. The molecule has 0 aliphatic carbocycles. The molecule has 0 unspecified atom stereocenters. The molecule has 0 fully saturated rings. The molecule has 0 N–H and O–H groups in total. The Morgan fingerprint density at radius 1 is 1.64 bits per heavy atom. The van der Waals surface area contributed by atoms with Crippen LogP contribution in [-0.2, 0) is 16.1 Å². The molecule has 0 saturated carbocycles. The maximum absolute atomic E-state index is 10.8. The molecule has 11 heavy (non-hydrogen) atoms. The summed E-state index contributed by atoms with van der Waals surface area (Å²) in [5, 5.41) is 6.75. The maximum Gasteiger partial charge on any atom is 0.281 e. The number of aryl methyl sites for hydroxylation is 1. The van der Waals surface area contributed by atoms with Gasteiger partial charge < -0.3 is 0 Å². The molecule has 0 aliphatic rings. The predicted octanol–water partition coefficient (Wildman–Crippen LogP) is 0.505. The van der Waals surface area contributed by atoms with Crippen LogP contribution in [0.15, 0.2) is 9.63 Å². The van der Waals surface area contributed by atoms with Crippen LogP contribution < -0.4 is 0 Å². The normalized spacial score (nSPS) is 11.9. The molecule has 1 heterocycles. The van der Waals surface area contributed by atoms with E-state index in [0.717, 1.165) is 4.68 Å². The van der Waals surface area contributed by atoms with E-state index in [1.54, 1.807) is 0 Å². The standard InChI is InChI=1S/C3H3BrClN3O2S/c1-8-3(11(5,9)10)2(4)6-7-8/h1H3. The van der Waals surface area contributed by atoms with Gasteiger partial charge in [-0.3, -0.25) is 0 Å². The largest absolute Gasteiger partial charge is 0.281 e. The van der Waals surface area contributed by atoms with E-state index in [4.69, 9.17) is 10.7 Å².